The maximum atomic E-state index is 12.2. The van der Waals surface area contributed by atoms with E-state index in [1.807, 2.05) is 49.4 Å². The van der Waals surface area contributed by atoms with Crippen LogP contribution in [0.5, 0.6) is 0 Å². The van der Waals surface area contributed by atoms with Crippen molar-refractivity contribution in [1.29, 1.82) is 0 Å². The summed E-state index contributed by atoms with van der Waals surface area (Å²) in [4.78, 5) is 16.8. The molecule has 0 aliphatic rings. The Labute approximate surface area is 150 Å². The number of carbonyl (C=O) groups excluding carboxylic acids is 1. The number of hydrogen-bond acceptors (Lipinski definition) is 3. The molecule has 3 rings (SSSR count). The second kappa shape index (κ2) is 7.24. The average molecular weight is 357 g/mol. The molecule has 5 heteroatoms. The molecular formula is C19H17ClN2OS. The minimum Gasteiger partial charge on any atom is -0.325 e. The molecule has 0 unspecified atom stereocenters. The first-order valence-electron chi connectivity index (χ1n) is 7.59. The second-order valence-corrected chi connectivity index (χ2v) is 6.95. The molecule has 0 aliphatic carbocycles. The van der Waals surface area contributed by atoms with E-state index in [0.717, 1.165) is 32.7 Å². The number of pyridine rings is 1. The smallest absolute Gasteiger partial charge is 0.234 e. The van der Waals surface area contributed by atoms with Crippen molar-refractivity contribution in [2.45, 2.75) is 18.9 Å². The van der Waals surface area contributed by atoms with Crippen molar-refractivity contribution in [3.8, 4) is 0 Å². The molecular weight excluding hydrogens is 340 g/mol. The van der Waals surface area contributed by atoms with Gasteiger partial charge in [-0.2, -0.15) is 0 Å². The van der Waals surface area contributed by atoms with Crippen LogP contribution < -0.4 is 5.32 Å². The van der Waals surface area contributed by atoms with Crippen molar-refractivity contribution >= 4 is 45.9 Å². The number of thioether (sulfide) groups is 1. The first-order chi connectivity index (χ1) is 11.5. The molecule has 0 atom stereocenters. The third-order valence-corrected chi connectivity index (χ3v) is 5.11. The van der Waals surface area contributed by atoms with E-state index in [9.17, 15) is 4.79 Å². The first kappa shape index (κ1) is 16.8. The lowest BCUT2D eigenvalue weighted by molar-refractivity contribution is -0.113. The van der Waals surface area contributed by atoms with Crippen molar-refractivity contribution in [2.75, 3.05) is 11.1 Å². The van der Waals surface area contributed by atoms with Gasteiger partial charge >= 0.3 is 0 Å². The molecule has 1 aromatic heterocycles. The summed E-state index contributed by atoms with van der Waals surface area (Å²) in [5.41, 5.74) is 3.73. The van der Waals surface area contributed by atoms with Crippen LogP contribution in [0.2, 0.25) is 5.02 Å². The van der Waals surface area contributed by atoms with Gasteiger partial charge in [0.1, 0.15) is 0 Å². The first-order valence-corrected chi connectivity index (χ1v) is 8.95. The molecule has 24 heavy (non-hydrogen) atoms. The highest BCUT2D eigenvalue weighted by atomic mass is 35.5. The Morgan fingerprint density at radius 3 is 2.79 bits per heavy atom. The summed E-state index contributed by atoms with van der Waals surface area (Å²) in [5, 5.41) is 5.54. The van der Waals surface area contributed by atoms with E-state index < -0.39 is 0 Å². The van der Waals surface area contributed by atoms with Gasteiger partial charge < -0.3 is 5.32 Å². The number of aryl methyl sites for hydroxylation is 1. The van der Waals surface area contributed by atoms with Gasteiger partial charge in [-0.05, 0) is 49.2 Å². The summed E-state index contributed by atoms with van der Waals surface area (Å²) < 4.78 is 0. The highest BCUT2D eigenvalue weighted by molar-refractivity contribution is 7.99. The van der Waals surface area contributed by atoms with Gasteiger partial charge in [0, 0.05) is 16.1 Å². The van der Waals surface area contributed by atoms with Crippen molar-refractivity contribution in [3.63, 3.8) is 0 Å². The molecule has 0 saturated carbocycles. The number of hydrogen-bond donors (Lipinski definition) is 1. The fraction of sp³-hybridized carbons (Fsp3) is 0.158. The molecule has 3 aromatic rings. The third kappa shape index (κ3) is 3.71. The zero-order valence-electron chi connectivity index (χ0n) is 13.5. The lowest BCUT2D eigenvalue weighted by atomic mass is 10.1. The lowest BCUT2D eigenvalue weighted by Gasteiger charge is -2.10. The molecule has 0 radical (unpaired) electrons. The van der Waals surface area contributed by atoms with Gasteiger partial charge in [-0.25, -0.2) is 4.98 Å². The SMILES string of the molecule is Cc1c(Cl)cccc1NC(=O)CSc1cc(C)c2ccccc2n1. The molecule has 1 N–H and O–H groups in total. The van der Waals surface area contributed by atoms with Crippen LogP contribution in [-0.2, 0) is 4.79 Å². The van der Waals surface area contributed by atoms with Crippen molar-refractivity contribution in [1.82, 2.24) is 4.98 Å². The van der Waals surface area contributed by atoms with Crippen LogP contribution in [0.3, 0.4) is 0 Å². The lowest BCUT2D eigenvalue weighted by Crippen LogP contribution is -2.15. The minimum absolute atomic E-state index is 0.0713. The van der Waals surface area contributed by atoms with Gasteiger partial charge in [0.25, 0.3) is 0 Å². The van der Waals surface area contributed by atoms with Gasteiger partial charge in [-0.1, -0.05) is 47.6 Å². The van der Waals surface area contributed by atoms with E-state index in [0.29, 0.717) is 10.8 Å². The predicted octanol–water partition coefficient (Wildman–Crippen LogP) is 5.24. The van der Waals surface area contributed by atoms with E-state index in [4.69, 9.17) is 11.6 Å². The van der Waals surface area contributed by atoms with Gasteiger partial charge in [-0.3, -0.25) is 4.79 Å². The highest BCUT2D eigenvalue weighted by Gasteiger charge is 2.09. The molecule has 0 aliphatic heterocycles. The molecule has 2 aromatic carbocycles. The molecule has 1 amide bonds. The van der Waals surface area contributed by atoms with Gasteiger partial charge in [0.05, 0.1) is 16.3 Å². The Balaban J connectivity index is 1.69. The number of nitrogens with zero attached hydrogens (tertiary/aromatic N) is 1. The molecule has 3 nitrogen and oxygen atoms in total. The maximum absolute atomic E-state index is 12.2. The Morgan fingerprint density at radius 1 is 1.17 bits per heavy atom. The van der Waals surface area contributed by atoms with E-state index in [2.05, 4.69) is 23.3 Å². The van der Waals surface area contributed by atoms with Gasteiger partial charge in [-0.15, -0.1) is 0 Å². The van der Waals surface area contributed by atoms with E-state index in [1.54, 1.807) is 0 Å². The number of nitrogens with one attached hydrogen (secondary N) is 1. The molecule has 0 spiro atoms. The molecule has 0 bridgehead atoms. The largest absolute Gasteiger partial charge is 0.325 e. The van der Waals surface area contributed by atoms with Crippen LogP contribution in [0.1, 0.15) is 11.1 Å². The Kier molecular flexibility index (Phi) is 5.07. The van der Waals surface area contributed by atoms with Crippen LogP contribution in [0, 0.1) is 13.8 Å². The fourth-order valence-corrected chi connectivity index (χ4v) is 3.41. The van der Waals surface area contributed by atoms with Gasteiger partial charge in [0.15, 0.2) is 0 Å². The zero-order valence-corrected chi connectivity index (χ0v) is 15.0. The van der Waals surface area contributed by atoms with Gasteiger partial charge in [0.2, 0.25) is 5.91 Å². The number of rotatable bonds is 4. The van der Waals surface area contributed by atoms with Crippen LogP contribution in [0.15, 0.2) is 53.6 Å². The number of para-hydroxylation sites is 1. The molecule has 0 saturated heterocycles. The zero-order chi connectivity index (χ0) is 17.1. The van der Waals surface area contributed by atoms with Crippen LogP contribution in [0.25, 0.3) is 10.9 Å². The number of benzene rings is 2. The number of aromatic nitrogens is 1. The third-order valence-electron chi connectivity index (χ3n) is 3.79. The maximum Gasteiger partial charge on any atom is 0.234 e. The predicted molar refractivity (Wildman–Crippen MR) is 102 cm³/mol. The van der Waals surface area contributed by atoms with Crippen molar-refractivity contribution < 1.29 is 4.79 Å². The normalized spacial score (nSPS) is 10.8. The van der Waals surface area contributed by atoms with Crippen molar-refractivity contribution in [3.05, 3.63) is 64.7 Å². The number of fused-ring (bicyclic) bond motifs is 1. The Morgan fingerprint density at radius 2 is 1.96 bits per heavy atom. The van der Waals surface area contributed by atoms with Crippen LogP contribution in [-0.4, -0.2) is 16.6 Å². The monoisotopic (exact) mass is 356 g/mol. The molecule has 0 fully saturated rings. The average Bonchev–Trinajstić information content (AvgIpc) is 2.57. The quantitative estimate of drug-likeness (QED) is 0.650. The Bertz CT molecular complexity index is 911. The topological polar surface area (TPSA) is 42.0 Å². The van der Waals surface area contributed by atoms with Crippen molar-refractivity contribution in [2.24, 2.45) is 0 Å². The standard InChI is InChI=1S/C19H17ClN2OS/c1-12-10-19(22-17-8-4-3-6-14(12)17)24-11-18(23)21-16-9-5-7-15(20)13(16)2/h3-10H,11H2,1-2H3,(H,21,23). The van der Waals surface area contributed by atoms with E-state index >= 15 is 0 Å². The summed E-state index contributed by atoms with van der Waals surface area (Å²) in [6.45, 7) is 3.95. The van der Waals surface area contributed by atoms with E-state index in [1.165, 1.54) is 11.8 Å². The fourth-order valence-electron chi connectivity index (χ4n) is 2.46. The molecule has 122 valence electrons. The van der Waals surface area contributed by atoms with Crippen LogP contribution in [0.4, 0.5) is 5.69 Å². The van der Waals surface area contributed by atoms with Crippen LogP contribution >= 0.6 is 23.4 Å². The summed E-state index contributed by atoms with van der Waals surface area (Å²) in [6.07, 6.45) is 0. The summed E-state index contributed by atoms with van der Waals surface area (Å²) >= 11 is 7.51. The number of carbonyl (C=O) groups is 1. The summed E-state index contributed by atoms with van der Waals surface area (Å²) in [7, 11) is 0. The minimum atomic E-state index is -0.0713. The Hall–Kier alpha value is -2.04. The summed E-state index contributed by atoms with van der Waals surface area (Å²) in [5.74, 6) is 0.231. The highest BCUT2D eigenvalue weighted by Crippen LogP contribution is 2.25. The second-order valence-electron chi connectivity index (χ2n) is 5.54. The van der Waals surface area contributed by atoms with E-state index in [-0.39, 0.29) is 5.91 Å². The summed E-state index contributed by atoms with van der Waals surface area (Å²) in [6, 6.07) is 15.5. The number of anilines is 1. The number of halogens is 1. The number of amides is 1. The molecule has 1 heterocycles.